The zero-order chi connectivity index (χ0) is 40.3. The fourth-order valence-corrected chi connectivity index (χ4v) is 8.72. The van der Waals surface area contributed by atoms with E-state index in [1.807, 2.05) is 12.4 Å². The van der Waals surface area contributed by atoms with Crippen molar-refractivity contribution in [3.8, 4) is 33.4 Å². The Hall–Kier alpha value is -6.90. The van der Waals surface area contributed by atoms with Crippen LogP contribution in [0.1, 0.15) is 49.8 Å². The number of nitrogens with one attached hydrogen (secondary N) is 1. The van der Waals surface area contributed by atoms with E-state index in [1.54, 1.807) is 0 Å². The van der Waals surface area contributed by atoms with Crippen LogP contribution in [-0.4, -0.2) is 10.7 Å². The third kappa shape index (κ3) is 7.75. The standard InChI is InChI=1S/C57H48N2/c1-38(39(2)40(3)48-15-8-16-49(35-48)42-31-33-59-34-32-42)21-22-50-36-51(41-23-25-45(26-24-41)54-19-9-13-43-11-4-6-17-52(43)54)37-56(57(50)58)47-29-27-46(28-30-47)55-20-10-14-44-12-5-7-18-53(44)55/h4-20,22-40,58H,21H2,1-3H3/b50-22+,58-57?. The van der Waals surface area contributed by atoms with E-state index in [0.29, 0.717) is 23.5 Å². The van der Waals surface area contributed by atoms with Gasteiger partial charge in [0.05, 0.1) is 5.71 Å². The van der Waals surface area contributed by atoms with Crippen molar-refractivity contribution in [2.75, 3.05) is 0 Å². The Morgan fingerprint density at radius 2 is 1.05 bits per heavy atom. The van der Waals surface area contributed by atoms with Crippen LogP contribution in [0.2, 0.25) is 0 Å². The number of pyridine rings is 1. The van der Waals surface area contributed by atoms with Gasteiger partial charge in [-0.15, -0.1) is 0 Å². The van der Waals surface area contributed by atoms with Crippen LogP contribution in [0, 0.1) is 17.2 Å². The summed E-state index contributed by atoms with van der Waals surface area (Å²) < 4.78 is 0. The van der Waals surface area contributed by atoms with Crippen LogP contribution < -0.4 is 0 Å². The van der Waals surface area contributed by atoms with Gasteiger partial charge in [0.25, 0.3) is 0 Å². The van der Waals surface area contributed by atoms with Gasteiger partial charge in [-0.2, -0.15) is 0 Å². The van der Waals surface area contributed by atoms with Crippen LogP contribution in [0.15, 0.2) is 206 Å². The number of fused-ring (bicyclic) bond motifs is 2. The van der Waals surface area contributed by atoms with Crippen molar-refractivity contribution in [2.45, 2.75) is 33.1 Å². The average Bonchev–Trinajstić information content (AvgIpc) is 3.30. The van der Waals surface area contributed by atoms with Crippen LogP contribution in [-0.2, 0) is 0 Å². The molecule has 286 valence electrons. The number of nitrogens with zero attached hydrogens (tertiary/aromatic N) is 1. The summed E-state index contributed by atoms with van der Waals surface area (Å²) in [5.41, 5.74) is 14.4. The molecule has 1 aliphatic carbocycles. The maximum absolute atomic E-state index is 9.63. The molecule has 0 aliphatic heterocycles. The second kappa shape index (κ2) is 16.5. The van der Waals surface area contributed by atoms with Crippen LogP contribution in [0.4, 0.5) is 0 Å². The molecule has 0 amide bonds. The molecule has 1 N–H and O–H groups in total. The Kier molecular flexibility index (Phi) is 10.5. The molecule has 3 atom stereocenters. The van der Waals surface area contributed by atoms with Crippen molar-refractivity contribution in [2.24, 2.45) is 11.8 Å². The highest BCUT2D eigenvalue weighted by atomic mass is 14.6. The molecule has 1 aliphatic rings. The molecule has 0 saturated carbocycles. The summed E-state index contributed by atoms with van der Waals surface area (Å²) in [7, 11) is 0. The molecule has 8 aromatic rings. The molecule has 0 saturated heterocycles. The van der Waals surface area contributed by atoms with E-state index in [-0.39, 0.29) is 0 Å². The molecular weight excluding hydrogens is 713 g/mol. The summed E-state index contributed by atoms with van der Waals surface area (Å²) in [5.74, 6) is 1.21. The Bertz CT molecular complexity index is 2880. The summed E-state index contributed by atoms with van der Waals surface area (Å²) in [6.45, 7) is 7.09. The summed E-state index contributed by atoms with van der Waals surface area (Å²) in [5, 5.41) is 14.6. The second-order valence-electron chi connectivity index (χ2n) is 16.1. The first-order chi connectivity index (χ1) is 28.9. The number of benzene rings is 7. The van der Waals surface area contributed by atoms with Gasteiger partial charge in [-0.05, 0) is 131 Å². The van der Waals surface area contributed by atoms with Crippen LogP contribution in [0.5, 0.6) is 0 Å². The third-order valence-electron chi connectivity index (χ3n) is 12.6. The van der Waals surface area contributed by atoms with Crippen molar-refractivity contribution in [3.63, 3.8) is 0 Å². The van der Waals surface area contributed by atoms with E-state index in [4.69, 9.17) is 0 Å². The molecule has 7 aromatic carbocycles. The smallest absolute Gasteiger partial charge is 0.0687 e. The largest absolute Gasteiger partial charge is 0.300 e. The minimum atomic E-state index is 0.373. The van der Waals surface area contributed by atoms with Gasteiger partial charge in [0, 0.05) is 18.0 Å². The van der Waals surface area contributed by atoms with Crippen molar-refractivity contribution in [1.82, 2.24) is 4.98 Å². The lowest BCUT2D eigenvalue weighted by atomic mass is 9.78. The van der Waals surface area contributed by atoms with E-state index in [9.17, 15) is 5.41 Å². The summed E-state index contributed by atoms with van der Waals surface area (Å²) in [6.07, 6.45) is 11.3. The molecule has 0 spiro atoms. The topological polar surface area (TPSA) is 36.7 Å². The number of hydrogen-bond acceptors (Lipinski definition) is 2. The van der Waals surface area contributed by atoms with Gasteiger partial charge in [-0.1, -0.05) is 185 Å². The van der Waals surface area contributed by atoms with Crippen molar-refractivity contribution >= 4 is 38.4 Å². The Morgan fingerprint density at radius 1 is 0.508 bits per heavy atom. The quantitative estimate of drug-likeness (QED) is 0.148. The fraction of sp³-hybridized carbons (Fsp3) is 0.123. The number of allylic oxidation sites excluding steroid dienone is 6. The van der Waals surface area contributed by atoms with Crippen LogP contribution in [0.3, 0.4) is 0 Å². The maximum atomic E-state index is 9.63. The van der Waals surface area contributed by atoms with E-state index in [0.717, 1.165) is 34.3 Å². The number of hydrogen-bond donors (Lipinski definition) is 1. The summed E-state index contributed by atoms with van der Waals surface area (Å²) >= 11 is 0. The molecule has 3 unspecified atom stereocenters. The van der Waals surface area contributed by atoms with E-state index in [1.165, 1.54) is 60.5 Å². The van der Waals surface area contributed by atoms with Crippen molar-refractivity contribution < 1.29 is 0 Å². The Balaban J connectivity index is 1.03. The SMILES string of the molecule is CC(C/C=C1\C=C(c2ccc(-c3cccc4ccccc34)cc2)C=C(c2ccc(-c3cccc4ccccc34)cc2)C1=N)C(C)C(C)c1cccc(-c2ccncc2)c1. The molecule has 2 heteroatoms. The van der Waals surface area contributed by atoms with Crippen LogP contribution in [0.25, 0.3) is 66.1 Å². The first-order valence-electron chi connectivity index (χ1n) is 20.8. The molecule has 59 heavy (non-hydrogen) atoms. The van der Waals surface area contributed by atoms with Gasteiger partial charge < -0.3 is 0 Å². The predicted octanol–water partition coefficient (Wildman–Crippen LogP) is 15.3. The molecule has 1 aromatic heterocycles. The zero-order valence-corrected chi connectivity index (χ0v) is 33.9. The van der Waals surface area contributed by atoms with E-state index in [2.05, 4.69) is 214 Å². The lowest BCUT2D eigenvalue weighted by molar-refractivity contribution is 0.340. The van der Waals surface area contributed by atoms with Crippen molar-refractivity contribution in [1.29, 1.82) is 5.41 Å². The van der Waals surface area contributed by atoms with Gasteiger partial charge in [-0.3, -0.25) is 10.4 Å². The van der Waals surface area contributed by atoms with Gasteiger partial charge in [0.2, 0.25) is 0 Å². The summed E-state index contributed by atoms with van der Waals surface area (Å²) in [6, 6.07) is 61.0. The van der Waals surface area contributed by atoms with Gasteiger partial charge in [-0.25, -0.2) is 0 Å². The lowest BCUT2D eigenvalue weighted by Crippen LogP contribution is -2.16. The minimum Gasteiger partial charge on any atom is -0.300 e. The molecule has 2 nitrogen and oxygen atoms in total. The minimum absolute atomic E-state index is 0.373. The Morgan fingerprint density at radius 3 is 1.68 bits per heavy atom. The molecule has 9 rings (SSSR count). The fourth-order valence-electron chi connectivity index (χ4n) is 8.72. The summed E-state index contributed by atoms with van der Waals surface area (Å²) in [4.78, 5) is 4.21. The first kappa shape index (κ1) is 37.7. The number of aromatic nitrogens is 1. The van der Waals surface area contributed by atoms with Gasteiger partial charge in [0.15, 0.2) is 0 Å². The molecule has 1 heterocycles. The van der Waals surface area contributed by atoms with Gasteiger partial charge in [0.1, 0.15) is 0 Å². The highest BCUT2D eigenvalue weighted by Crippen LogP contribution is 2.38. The molecule has 0 bridgehead atoms. The second-order valence-corrected chi connectivity index (χ2v) is 16.1. The first-order valence-corrected chi connectivity index (χ1v) is 20.8. The predicted molar refractivity (Wildman–Crippen MR) is 252 cm³/mol. The van der Waals surface area contributed by atoms with E-state index >= 15 is 0 Å². The highest BCUT2D eigenvalue weighted by Gasteiger charge is 2.23. The third-order valence-corrected chi connectivity index (χ3v) is 12.6. The number of rotatable bonds is 10. The normalized spacial score (nSPS) is 15.2. The average molecular weight is 761 g/mol. The van der Waals surface area contributed by atoms with E-state index < -0.39 is 0 Å². The maximum Gasteiger partial charge on any atom is 0.0687 e. The van der Waals surface area contributed by atoms with Gasteiger partial charge >= 0.3 is 0 Å². The Labute approximate surface area is 348 Å². The zero-order valence-electron chi connectivity index (χ0n) is 33.9. The van der Waals surface area contributed by atoms with Crippen molar-refractivity contribution in [3.05, 3.63) is 223 Å². The molecule has 0 fully saturated rings. The molecular formula is C57H48N2. The van der Waals surface area contributed by atoms with Crippen LogP contribution >= 0.6 is 0 Å². The lowest BCUT2D eigenvalue weighted by Gasteiger charge is -2.27. The highest BCUT2D eigenvalue weighted by molar-refractivity contribution is 6.34. The monoisotopic (exact) mass is 760 g/mol. The molecule has 0 radical (unpaired) electrons.